The molecule has 2 rings (SSSR count). The van der Waals surface area contributed by atoms with E-state index in [-0.39, 0.29) is 5.91 Å². The number of thioether (sulfide) groups is 1. The third-order valence-electron chi connectivity index (χ3n) is 3.65. The van der Waals surface area contributed by atoms with E-state index >= 15 is 0 Å². The molecule has 0 bridgehead atoms. The Labute approximate surface area is 136 Å². The number of likely N-dealkylation sites (N-methyl/N-ethyl adjacent to an activating group) is 1. The van der Waals surface area contributed by atoms with Crippen LogP contribution in [0.1, 0.15) is 18.1 Å². The lowest BCUT2D eigenvalue weighted by molar-refractivity contribution is -0.149. The van der Waals surface area contributed by atoms with Crippen molar-refractivity contribution in [3.05, 3.63) is 65.7 Å². The van der Waals surface area contributed by atoms with Gasteiger partial charge in [0.15, 0.2) is 5.60 Å². The van der Waals surface area contributed by atoms with Crippen LogP contribution in [0.2, 0.25) is 0 Å². The third-order valence-corrected chi connectivity index (χ3v) is 4.38. The molecule has 0 aliphatic carbocycles. The molecule has 3 nitrogen and oxygen atoms in total. The Morgan fingerprint density at radius 1 is 1.18 bits per heavy atom. The molecule has 0 heterocycles. The summed E-state index contributed by atoms with van der Waals surface area (Å²) in [5.74, 6) is -0.312. The lowest BCUT2D eigenvalue weighted by Crippen LogP contribution is -2.42. The molecule has 116 valence electrons. The van der Waals surface area contributed by atoms with Crippen molar-refractivity contribution >= 4 is 17.7 Å². The van der Waals surface area contributed by atoms with E-state index in [1.165, 1.54) is 0 Å². The molecule has 0 saturated heterocycles. The van der Waals surface area contributed by atoms with Gasteiger partial charge in [0.2, 0.25) is 0 Å². The van der Waals surface area contributed by atoms with Crippen molar-refractivity contribution in [1.29, 1.82) is 0 Å². The van der Waals surface area contributed by atoms with E-state index in [1.54, 1.807) is 42.8 Å². The van der Waals surface area contributed by atoms with Gasteiger partial charge in [-0.25, -0.2) is 0 Å². The Morgan fingerprint density at radius 3 is 2.50 bits per heavy atom. The number of carbonyl (C=O) groups is 1. The predicted octanol–water partition coefficient (Wildman–Crippen LogP) is 3.27. The van der Waals surface area contributed by atoms with Crippen molar-refractivity contribution in [1.82, 2.24) is 4.90 Å². The van der Waals surface area contributed by atoms with Gasteiger partial charge >= 0.3 is 0 Å². The number of hydrogen-bond acceptors (Lipinski definition) is 3. The number of aliphatic hydroxyl groups is 1. The second kappa shape index (κ2) is 6.99. The predicted molar refractivity (Wildman–Crippen MR) is 90.7 cm³/mol. The molecule has 0 saturated carbocycles. The van der Waals surface area contributed by atoms with Crippen molar-refractivity contribution in [3.8, 4) is 0 Å². The van der Waals surface area contributed by atoms with Crippen LogP contribution in [-0.4, -0.2) is 29.2 Å². The minimum absolute atomic E-state index is 0.312. The van der Waals surface area contributed by atoms with Crippen LogP contribution in [0.4, 0.5) is 0 Å². The molecular weight excluding hydrogens is 294 g/mol. The lowest BCUT2D eigenvalue weighted by Gasteiger charge is -2.28. The molecule has 1 N–H and O–H groups in total. The molecule has 2 aromatic carbocycles. The topological polar surface area (TPSA) is 40.5 Å². The van der Waals surface area contributed by atoms with Crippen molar-refractivity contribution in [2.45, 2.75) is 24.0 Å². The summed E-state index contributed by atoms with van der Waals surface area (Å²) in [5, 5.41) is 10.6. The molecular formula is C18H21NO2S. The quantitative estimate of drug-likeness (QED) is 0.861. The molecule has 0 spiro atoms. The van der Waals surface area contributed by atoms with E-state index in [4.69, 9.17) is 0 Å². The van der Waals surface area contributed by atoms with E-state index in [9.17, 15) is 9.90 Å². The summed E-state index contributed by atoms with van der Waals surface area (Å²) >= 11 is 1.67. The Balaban J connectivity index is 2.14. The smallest absolute Gasteiger partial charge is 0.258 e. The van der Waals surface area contributed by atoms with Gasteiger partial charge in [0.1, 0.15) is 0 Å². The molecule has 22 heavy (non-hydrogen) atoms. The highest BCUT2D eigenvalue weighted by molar-refractivity contribution is 7.98. The van der Waals surface area contributed by atoms with Crippen LogP contribution in [0.25, 0.3) is 0 Å². The van der Waals surface area contributed by atoms with E-state index in [0.717, 1.165) is 10.5 Å². The molecule has 0 unspecified atom stereocenters. The fourth-order valence-electron chi connectivity index (χ4n) is 2.37. The zero-order valence-corrected chi connectivity index (χ0v) is 13.9. The number of benzene rings is 2. The van der Waals surface area contributed by atoms with E-state index in [0.29, 0.717) is 12.1 Å². The minimum atomic E-state index is -1.52. The molecule has 0 radical (unpaired) electrons. The van der Waals surface area contributed by atoms with Crippen LogP contribution < -0.4 is 0 Å². The number of rotatable bonds is 5. The fraction of sp³-hybridized carbons (Fsp3) is 0.278. The van der Waals surface area contributed by atoms with Crippen molar-refractivity contribution in [2.24, 2.45) is 0 Å². The highest BCUT2D eigenvalue weighted by atomic mass is 32.2. The second-order valence-corrected chi connectivity index (χ2v) is 6.33. The average Bonchev–Trinajstić information content (AvgIpc) is 2.55. The van der Waals surface area contributed by atoms with Gasteiger partial charge in [-0.1, -0.05) is 42.5 Å². The molecule has 0 aliphatic rings. The van der Waals surface area contributed by atoms with Crippen LogP contribution in [0, 0.1) is 0 Å². The number of nitrogens with zero attached hydrogens (tertiary/aromatic N) is 1. The molecule has 2 aromatic rings. The Morgan fingerprint density at radius 2 is 1.86 bits per heavy atom. The van der Waals surface area contributed by atoms with Crippen LogP contribution in [0.3, 0.4) is 0 Å². The first-order valence-electron chi connectivity index (χ1n) is 7.11. The fourth-order valence-corrected chi connectivity index (χ4v) is 2.86. The van der Waals surface area contributed by atoms with E-state index in [1.807, 2.05) is 42.7 Å². The largest absolute Gasteiger partial charge is 0.376 e. The Kier molecular flexibility index (Phi) is 5.27. The van der Waals surface area contributed by atoms with Crippen LogP contribution in [-0.2, 0) is 16.9 Å². The maximum Gasteiger partial charge on any atom is 0.258 e. The first-order valence-corrected chi connectivity index (χ1v) is 8.34. The average molecular weight is 315 g/mol. The highest BCUT2D eigenvalue weighted by Gasteiger charge is 2.34. The molecule has 0 aromatic heterocycles. The zero-order valence-electron chi connectivity index (χ0n) is 13.1. The van der Waals surface area contributed by atoms with Gasteiger partial charge in [-0.05, 0) is 36.4 Å². The maximum absolute atomic E-state index is 12.6. The van der Waals surface area contributed by atoms with E-state index < -0.39 is 5.60 Å². The van der Waals surface area contributed by atoms with Crippen molar-refractivity contribution < 1.29 is 9.90 Å². The Bertz CT molecular complexity index is 641. The van der Waals surface area contributed by atoms with Gasteiger partial charge in [0, 0.05) is 18.5 Å². The maximum atomic E-state index is 12.6. The summed E-state index contributed by atoms with van der Waals surface area (Å²) in [6.07, 6.45) is 2.02. The molecule has 1 atom stereocenters. The summed E-state index contributed by atoms with van der Waals surface area (Å²) in [6.45, 7) is 2.01. The normalized spacial score (nSPS) is 13.5. The van der Waals surface area contributed by atoms with Crippen LogP contribution in [0.15, 0.2) is 59.5 Å². The first-order chi connectivity index (χ1) is 10.4. The van der Waals surface area contributed by atoms with Crippen LogP contribution in [0.5, 0.6) is 0 Å². The number of amides is 1. The summed E-state index contributed by atoms with van der Waals surface area (Å²) in [4.78, 5) is 15.3. The Hall–Kier alpha value is -1.78. The van der Waals surface area contributed by atoms with Gasteiger partial charge < -0.3 is 10.0 Å². The minimum Gasteiger partial charge on any atom is -0.376 e. The van der Waals surface area contributed by atoms with Crippen molar-refractivity contribution in [2.75, 3.05) is 13.3 Å². The summed E-state index contributed by atoms with van der Waals surface area (Å²) in [7, 11) is 1.71. The van der Waals surface area contributed by atoms with Crippen molar-refractivity contribution in [3.63, 3.8) is 0 Å². The zero-order chi connectivity index (χ0) is 16.2. The van der Waals surface area contributed by atoms with Gasteiger partial charge in [-0.2, -0.15) is 0 Å². The molecule has 4 heteroatoms. The molecule has 1 amide bonds. The third kappa shape index (κ3) is 3.70. The SMILES string of the molecule is CSc1cccc(CN(C)C(=O)[C@@](C)(O)c2ccccc2)c1. The second-order valence-electron chi connectivity index (χ2n) is 5.45. The summed E-state index contributed by atoms with van der Waals surface area (Å²) in [5.41, 5.74) is 0.129. The van der Waals surface area contributed by atoms with Gasteiger partial charge in [-0.15, -0.1) is 11.8 Å². The summed E-state index contributed by atoms with van der Waals surface area (Å²) in [6, 6.07) is 17.1. The molecule has 0 fully saturated rings. The van der Waals surface area contributed by atoms with E-state index in [2.05, 4.69) is 6.07 Å². The standard InChI is InChI=1S/C18H21NO2S/c1-18(21,15-9-5-4-6-10-15)17(20)19(2)13-14-8-7-11-16(12-14)22-3/h4-12,21H,13H2,1-3H3/t18-/m0/s1. The molecule has 0 aliphatic heterocycles. The number of hydrogen-bond donors (Lipinski definition) is 1. The first kappa shape index (κ1) is 16.6. The van der Waals surface area contributed by atoms with Gasteiger partial charge in [-0.3, -0.25) is 4.79 Å². The number of carbonyl (C=O) groups excluding carboxylic acids is 1. The van der Waals surface area contributed by atoms with Gasteiger partial charge in [0.25, 0.3) is 5.91 Å². The van der Waals surface area contributed by atoms with Crippen LogP contribution >= 0.6 is 11.8 Å². The highest BCUT2D eigenvalue weighted by Crippen LogP contribution is 2.24. The van der Waals surface area contributed by atoms with Gasteiger partial charge in [0.05, 0.1) is 0 Å². The summed E-state index contributed by atoms with van der Waals surface area (Å²) < 4.78 is 0. The monoisotopic (exact) mass is 315 g/mol. The lowest BCUT2D eigenvalue weighted by atomic mass is 9.94.